The summed E-state index contributed by atoms with van der Waals surface area (Å²) in [6.45, 7) is 3.98. The van der Waals surface area contributed by atoms with Crippen LogP contribution in [-0.2, 0) is 0 Å². The van der Waals surface area contributed by atoms with Crippen LogP contribution in [0.5, 0.6) is 5.75 Å². The molecule has 4 heteroatoms. The van der Waals surface area contributed by atoms with Gasteiger partial charge in [0.1, 0.15) is 11.4 Å². The molecule has 4 nitrogen and oxygen atoms in total. The topological polar surface area (TPSA) is 61.3 Å². The van der Waals surface area contributed by atoms with Gasteiger partial charge in [0.2, 0.25) is 0 Å². The summed E-state index contributed by atoms with van der Waals surface area (Å²) in [4.78, 5) is 0. The zero-order valence-corrected chi connectivity index (χ0v) is 9.31. The highest BCUT2D eigenvalue weighted by atomic mass is 16.5. The first-order chi connectivity index (χ1) is 7.66. The molecule has 16 heavy (non-hydrogen) atoms. The maximum atomic E-state index is 5.70. The lowest BCUT2D eigenvalue weighted by atomic mass is 10.1. The van der Waals surface area contributed by atoms with Crippen molar-refractivity contribution in [2.75, 3.05) is 5.73 Å². The van der Waals surface area contributed by atoms with E-state index >= 15 is 0 Å². The van der Waals surface area contributed by atoms with E-state index in [1.165, 1.54) is 6.20 Å². The number of nitrogens with zero attached hydrogens (tertiary/aromatic N) is 1. The molecule has 1 heterocycles. The van der Waals surface area contributed by atoms with E-state index in [1.807, 2.05) is 38.1 Å². The zero-order valence-electron chi connectivity index (χ0n) is 9.31. The van der Waals surface area contributed by atoms with Crippen LogP contribution in [0.15, 0.2) is 35.0 Å². The van der Waals surface area contributed by atoms with Crippen molar-refractivity contribution >= 4 is 5.69 Å². The molecule has 0 aliphatic carbocycles. The standard InChI is InChI=1S/C12H14N2O2/c1-8(2)15-10-5-3-9(4-6-10)12-11(13)7-14-16-12/h3-8H,13H2,1-2H3. The van der Waals surface area contributed by atoms with Crippen LogP contribution in [0.25, 0.3) is 11.3 Å². The number of nitrogens with two attached hydrogens (primary N) is 1. The van der Waals surface area contributed by atoms with Gasteiger partial charge in [-0.1, -0.05) is 5.16 Å². The molecule has 0 aliphatic rings. The number of rotatable bonds is 3. The molecule has 0 spiro atoms. The van der Waals surface area contributed by atoms with E-state index < -0.39 is 0 Å². The van der Waals surface area contributed by atoms with Gasteiger partial charge in [-0.15, -0.1) is 0 Å². The van der Waals surface area contributed by atoms with Crippen molar-refractivity contribution in [3.05, 3.63) is 30.5 Å². The first kappa shape index (κ1) is 10.5. The number of benzene rings is 1. The lowest BCUT2D eigenvalue weighted by Crippen LogP contribution is -2.05. The number of ether oxygens (including phenoxy) is 1. The highest BCUT2D eigenvalue weighted by Crippen LogP contribution is 2.27. The molecule has 1 aromatic heterocycles. The molecule has 2 N–H and O–H groups in total. The predicted molar refractivity (Wildman–Crippen MR) is 62.1 cm³/mol. The third-order valence-electron chi connectivity index (χ3n) is 2.09. The van der Waals surface area contributed by atoms with E-state index in [0.717, 1.165) is 11.3 Å². The Morgan fingerprint density at radius 1 is 1.25 bits per heavy atom. The number of nitrogen functional groups attached to an aromatic ring is 1. The van der Waals surface area contributed by atoms with Gasteiger partial charge < -0.3 is 15.0 Å². The van der Waals surface area contributed by atoms with Crippen molar-refractivity contribution in [1.82, 2.24) is 5.16 Å². The number of hydrogen-bond donors (Lipinski definition) is 1. The average Bonchev–Trinajstić information content (AvgIpc) is 2.65. The van der Waals surface area contributed by atoms with Crippen LogP contribution in [-0.4, -0.2) is 11.3 Å². The summed E-state index contributed by atoms with van der Waals surface area (Å²) >= 11 is 0. The van der Waals surface area contributed by atoms with Gasteiger partial charge in [-0.3, -0.25) is 0 Å². The third-order valence-corrected chi connectivity index (χ3v) is 2.09. The predicted octanol–water partition coefficient (Wildman–Crippen LogP) is 2.71. The van der Waals surface area contributed by atoms with Crippen molar-refractivity contribution in [3.8, 4) is 17.1 Å². The van der Waals surface area contributed by atoms with Gasteiger partial charge in [0.15, 0.2) is 5.76 Å². The highest BCUT2D eigenvalue weighted by Gasteiger charge is 2.07. The van der Waals surface area contributed by atoms with Crippen molar-refractivity contribution in [2.24, 2.45) is 0 Å². The second kappa shape index (κ2) is 4.26. The van der Waals surface area contributed by atoms with Crippen molar-refractivity contribution in [1.29, 1.82) is 0 Å². The molecule has 2 rings (SSSR count). The zero-order chi connectivity index (χ0) is 11.5. The summed E-state index contributed by atoms with van der Waals surface area (Å²) in [5, 5.41) is 3.64. The number of aromatic nitrogens is 1. The van der Waals surface area contributed by atoms with Crippen LogP contribution >= 0.6 is 0 Å². The van der Waals surface area contributed by atoms with E-state index in [4.69, 9.17) is 15.0 Å². The molecule has 0 fully saturated rings. The minimum atomic E-state index is 0.168. The Morgan fingerprint density at radius 2 is 1.94 bits per heavy atom. The van der Waals surface area contributed by atoms with E-state index in [0.29, 0.717) is 11.4 Å². The molecule has 0 saturated heterocycles. The first-order valence-electron chi connectivity index (χ1n) is 5.14. The minimum absolute atomic E-state index is 0.168. The molecule has 0 saturated carbocycles. The fraction of sp³-hybridized carbons (Fsp3) is 0.250. The van der Waals surface area contributed by atoms with Gasteiger partial charge >= 0.3 is 0 Å². The Bertz CT molecular complexity index is 460. The Kier molecular flexibility index (Phi) is 2.81. The van der Waals surface area contributed by atoms with Crippen LogP contribution in [0.2, 0.25) is 0 Å². The van der Waals surface area contributed by atoms with E-state index in [1.54, 1.807) is 0 Å². The van der Waals surface area contributed by atoms with Gasteiger partial charge in [0, 0.05) is 5.56 Å². The molecule has 1 aromatic carbocycles. The molecular weight excluding hydrogens is 204 g/mol. The maximum Gasteiger partial charge on any atom is 0.189 e. The molecule has 2 aromatic rings. The van der Waals surface area contributed by atoms with Gasteiger partial charge in [0.25, 0.3) is 0 Å². The molecule has 84 valence electrons. The second-order valence-electron chi connectivity index (χ2n) is 3.80. The molecule has 0 unspecified atom stereocenters. The summed E-state index contributed by atoms with van der Waals surface area (Å²) < 4.78 is 10.6. The Hall–Kier alpha value is -1.97. The van der Waals surface area contributed by atoms with Gasteiger partial charge in [0.05, 0.1) is 12.3 Å². The van der Waals surface area contributed by atoms with Crippen molar-refractivity contribution in [3.63, 3.8) is 0 Å². The smallest absolute Gasteiger partial charge is 0.189 e. The molecule has 0 aliphatic heterocycles. The van der Waals surface area contributed by atoms with Crippen molar-refractivity contribution < 1.29 is 9.26 Å². The quantitative estimate of drug-likeness (QED) is 0.860. The highest BCUT2D eigenvalue weighted by molar-refractivity contribution is 5.70. The molecule has 0 atom stereocenters. The minimum Gasteiger partial charge on any atom is -0.491 e. The van der Waals surface area contributed by atoms with E-state index in [-0.39, 0.29) is 6.10 Å². The number of anilines is 1. The lowest BCUT2D eigenvalue weighted by molar-refractivity contribution is 0.242. The van der Waals surface area contributed by atoms with Crippen LogP contribution in [0.3, 0.4) is 0 Å². The van der Waals surface area contributed by atoms with Crippen LogP contribution < -0.4 is 10.5 Å². The summed E-state index contributed by atoms with van der Waals surface area (Å²) in [5.41, 5.74) is 7.14. The fourth-order valence-corrected chi connectivity index (χ4v) is 1.42. The largest absolute Gasteiger partial charge is 0.491 e. The second-order valence-corrected chi connectivity index (χ2v) is 3.80. The Labute approximate surface area is 94.0 Å². The van der Waals surface area contributed by atoms with E-state index in [9.17, 15) is 0 Å². The lowest BCUT2D eigenvalue weighted by Gasteiger charge is -2.09. The summed E-state index contributed by atoms with van der Waals surface area (Å²) in [6, 6.07) is 7.57. The van der Waals surface area contributed by atoms with E-state index in [2.05, 4.69) is 5.16 Å². The monoisotopic (exact) mass is 218 g/mol. The Morgan fingerprint density at radius 3 is 2.44 bits per heavy atom. The summed E-state index contributed by atoms with van der Waals surface area (Å²) in [7, 11) is 0. The normalized spacial score (nSPS) is 10.7. The van der Waals surface area contributed by atoms with Crippen LogP contribution in [0.1, 0.15) is 13.8 Å². The van der Waals surface area contributed by atoms with Gasteiger partial charge in [-0.25, -0.2) is 0 Å². The molecule has 0 radical (unpaired) electrons. The van der Waals surface area contributed by atoms with Gasteiger partial charge in [-0.2, -0.15) is 0 Å². The summed E-state index contributed by atoms with van der Waals surface area (Å²) in [5.74, 6) is 1.42. The maximum absolute atomic E-state index is 5.70. The van der Waals surface area contributed by atoms with Gasteiger partial charge in [-0.05, 0) is 38.1 Å². The molecule has 0 bridgehead atoms. The summed E-state index contributed by atoms with van der Waals surface area (Å²) in [6.07, 6.45) is 1.66. The Balaban J connectivity index is 2.23. The fourth-order valence-electron chi connectivity index (χ4n) is 1.42. The number of hydrogen-bond acceptors (Lipinski definition) is 4. The molecular formula is C12H14N2O2. The van der Waals surface area contributed by atoms with Crippen LogP contribution in [0.4, 0.5) is 5.69 Å². The SMILES string of the molecule is CC(C)Oc1ccc(-c2oncc2N)cc1. The van der Waals surface area contributed by atoms with Crippen LogP contribution in [0, 0.1) is 0 Å². The molecule has 0 amide bonds. The van der Waals surface area contributed by atoms with Crippen molar-refractivity contribution in [2.45, 2.75) is 20.0 Å². The third kappa shape index (κ3) is 2.16. The average molecular weight is 218 g/mol. The first-order valence-corrected chi connectivity index (χ1v) is 5.14.